The van der Waals surface area contributed by atoms with Gasteiger partial charge in [-0.25, -0.2) is 15.0 Å². The molecule has 33 heavy (non-hydrogen) atoms. The van der Waals surface area contributed by atoms with Crippen LogP contribution in [0.2, 0.25) is 0 Å². The van der Waals surface area contributed by atoms with Gasteiger partial charge in [-0.2, -0.15) is 0 Å². The smallest absolute Gasteiger partial charge is 0.306 e. The molecular formula is C25H30N4O3S. The number of nitrogens with one attached hydrogen (secondary N) is 1. The normalized spacial score (nSPS) is 13.6. The number of methoxy groups -OCH3 is 1. The van der Waals surface area contributed by atoms with Gasteiger partial charge in [-0.05, 0) is 56.2 Å². The first-order chi connectivity index (χ1) is 16.2. The van der Waals surface area contributed by atoms with Crippen LogP contribution in [0.25, 0.3) is 0 Å². The molecular weight excluding hydrogens is 436 g/mol. The van der Waals surface area contributed by atoms with Gasteiger partial charge in [0.2, 0.25) is 5.88 Å². The number of anilines is 1. The maximum absolute atomic E-state index is 12.3. The standard InChI is InChI=1S/C25H30N4O3S/c1-3-32-23(30)14-21(18-10-12-22(31-2)27-15-18)25-29-20(16-33-25)8-4-7-19-11-9-17-6-5-13-26-24(17)28-19/h9-12,15-16,21H,3-8,13-14H2,1-2H3,(H,26,28). The van der Waals surface area contributed by atoms with Crippen LogP contribution in [0.15, 0.2) is 35.8 Å². The van der Waals surface area contributed by atoms with E-state index in [0.717, 1.165) is 60.0 Å². The van der Waals surface area contributed by atoms with Crippen molar-refractivity contribution in [2.75, 3.05) is 25.6 Å². The van der Waals surface area contributed by atoms with Crippen LogP contribution in [0.5, 0.6) is 5.88 Å². The predicted molar refractivity (Wildman–Crippen MR) is 129 cm³/mol. The Balaban J connectivity index is 1.41. The van der Waals surface area contributed by atoms with Gasteiger partial charge >= 0.3 is 5.97 Å². The second kappa shape index (κ2) is 11.2. The van der Waals surface area contributed by atoms with Crippen molar-refractivity contribution in [1.82, 2.24) is 15.0 Å². The van der Waals surface area contributed by atoms with E-state index in [9.17, 15) is 4.79 Å². The van der Waals surface area contributed by atoms with E-state index in [0.29, 0.717) is 12.5 Å². The first-order valence-corrected chi connectivity index (χ1v) is 12.4. The van der Waals surface area contributed by atoms with Crippen LogP contribution in [0.3, 0.4) is 0 Å². The Hall–Kier alpha value is -3.00. The molecule has 7 nitrogen and oxygen atoms in total. The maximum atomic E-state index is 12.3. The third-order valence-electron chi connectivity index (χ3n) is 5.73. The van der Waals surface area contributed by atoms with Gasteiger partial charge < -0.3 is 14.8 Å². The number of aryl methyl sites for hydroxylation is 3. The largest absolute Gasteiger partial charge is 0.481 e. The van der Waals surface area contributed by atoms with Crippen molar-refractivity contribution >= 4 is 23.1 Å². The van der Waals surface area contributed by atoms with Gasteiger partial charge in [0.1, 0.15) is 10.8 Å². The zero-order valence-corrected chi connectivity index (χ0v) is 20.0. The van der Waals surface area contributed by atoms with E-state index in [1.807, 2.05) is 19.1 Å². The Morgan fingerprint density at radius 2 is 2.06 bits per heavy atom. The van der Waals surface area contributed by atoms with Crippen molar-refractivity contribution in [3.8, 4) is 5.88 Å². The number of rotatable bonds is 10. The second-order valence-electron chi connectivity index (χ2n) is 8.07. The van der Waals surface area contributed by atoms with Crippen molar-refractivity contribution in [2.24, 2.45) is 0 Å². The summed E-state index contributed by atoms with van der Waals surface area (Å²) >= 11 is 1.58. The molecule has 174 valence electrons. The van der Waals surface area contributed by atoms with Crippen LogP contribution in [0.1, 0.15) is 59.6 Å². The van der Waals surface area contributed by atoms with E-state index in [-0.39, 0.29) is 18.3 Å². The average Bonchev–Trinajstić information content (AvgIpc) is 3.31. The molecule has 1 aliphatic rings. The summed E-state index contributed by atoms with van der Waals surface area (Å²) in [6, 6.07) is 8.09. The number of carbonyl (C=O) groups is 1. The molecule has 3 aromatic rings. The summed E-state index contributed by atoms with van der Waals surface area (Å²) in [5, 5.41) is 6.39. The first kappa shape index (κ1) is 23.2. The number of carbonyl (C=O) groups excluding carboxylic acids is 1. The lowest BCUT2D eigenvalue weighted by Gasteiger charge is -2.17. The lowest BCUT2D eigenvalue weighted by molar-refractivity contribution is -0.143. The fourth-order valence-corrected chi connectivity index (χ4v) is 4.99. The monoisotopic (exact) mass is 466 g/mol. The molecule has 0 amide bonds. The molecule has 0 saturated carbocycles. The number of fused-ring (bicyclic) bond motifs is 1. The topological polar surface area (TPSA) is 86.2 Å². The number of hydrogen-bond donors (Lipinski definition) is 1. The minimum absolute atomic E-state index is 0.186. The Morgan fingerprint density at radius 1 is 1.18 bits per heavy atom. The van der Waals surface area contributed by atoms with E-state index < -0.39 is 0 Å². The Bertz CT molecular complexity index is 1070. The number of hydrogen-bond acceptors (Lipinski definition) is 8. The Labute approximate surface area is 198 Å². The third-order valence-corrected chi connectivity index (χ3v) is 6.74. The lowest BCUT2D eigenvalue weighted by atomic mass is 9.98. The minimum Gasteiger partial charge on any atom is -0.481 e. The summed E-state index contributed by atoms with van der Waals surface area (Å²) in [4.78, 5) is 26.2. The molecule has 4 rings (SSSR count). The fraction of sp³-hybridized carbons (Fsp3) is 0.440. The summed E-state index contributed by atoms with van der Waals surface area (Å²) in [5.41, 5.74) is 4.40. The molecule has 0 saturated heterocycles. The summed E-state index contributed by atoms with van der Waals surface area (Å²) in [6.07, 6.45) is 7.02. The Morgan fingerprint density at radius 3 is 2.85 bits per heavy atom. The van der Waals surface area contributed by atoms with Gasteiger partial charge in [0.25, 0.3) is 0 Å². The number of nitrogens with zero attached hydrogens (tertiary/aromatic N) is 3. The van der Waals surface area contributed by atoms with Gasteiger partial charge in [0.15, 0.2) is 0 Å². The highest BCUT2D eigenvalue weighted by Crippen LogP contribution is 2.31. The van der Waals surface area contributed by atoms with Crippen molar-refractivity contribution in [3.05, 3.63) is 63.4 Å². The number of esters is 1. The number of aromatic nitrogens is 3. The molecule has 0 spiro atoms. The summed E-state index contributed by atoms with van der Waals surface area (Å²) < 4.78 is 10.4. The number of ether oxygens (including phenoxy) is 2. The zero-order valence-electron chi connectivity index (χ0n) is 19.2. The van der Waals surface area contributed by atoms with Crippen molar-refractivity contribution in [1.29, 1.82) is 0 Å². The molecule has 0 fully saturated rings. The van der Waals surface area contributed by atoms with Crippen LogP contribution in [-0.4, -0.2) is 41.2 Å². The minimum atomic E-state index is -0.234. The SMILES string of the molecule is CCOC(=O)CC(c1ccc(OC)nc1)c1nc(CCCc2ccc3c(n2)NCCC3)cs1. The van der Waals surface area contributed by atoms with Gasteiger partial charge in [-0.15, -0.1) is 11.3 Å². The van der Waals surface area contributed by atoms with Crippen LogP contribution in [0.4, 0.5) is 5.82 Å². The first-order valence-electron chi connectivity index (χ1n) is 11.5. The molecule has 3 aromatic heterocycles. The fourth-order valence-electron chi connectivity index (χ4n) is 4.01. The summed E-state index contributed by atoms with van der Waals surface area (Å²) in [7, 11) is 1.58. The molecule has 1 atom stereocenters. The van der Waals surface area contributed by atoms with E-state index in [4.69, 9.17) is 19.4 Å². The highest BCUT2D eigenvalue weighted by molar-refractivity contribution is 7.09. The van der Waals surface area contributed by atoms with Crippen LogP contribution >= 0.6 is 11.3 Å². The molecule has 1 aliphatic heterocycles. The van der Waals surface area contributed by atoms with Crippen molar-refractivity contribution in [2.45, 2.75) is 51.4 Å². The van der Waals surface area contributed by atoms with Gasteiger partial charge in [-0.1, -0.05) is 12.1 Å². The highest BCUT2D eigenvalue weighted by atomic mass is 32.1. The van der Waals surface area contributed by atoms with E-state index in [1.165, 1.54) is 12.0 Å². The lowest BCUT2D eigenvalue weighted by Crippen LogP contribution is -2.14. The summed E-state index contributed by atoms with van der Waals surface area (Å²) in [6.45, 7) is 3.18. The quantitative estimate of drug-likeness (QED) is 0.438. The molecule has 0 aromatic carbocycles. The average molecular weight is 467 g/mol. The molecule has 0 aliphatic carbocycles. The van der Waals surface area contributed by atoms with Crippen LogP contribution in [-0.2, 0) is 28.8 Å². The van der Waals surface area contributed by atoms with E-state index in [1.54, 1.807) is 24.6 Å². The molecule has 4 heterocycles. The third kappa shape index (κ3) is 6.07. The predicted octanol–water partition coefficient (Wildman–Crippen LogP) is 4.56. The van der Waals surface area contributed by atoms with E-state index in [2.05, 4.69) is 27.8 Å². The van der Waals surface area contributed by atoms with Crippen molar-refractivity contribution in [3.63, 3.8) is 0 Å². The van der Waals surface area contributed by atoms with E-state index >= 15 is 0 Å². The molecule has 0 bridgehead atoms. The van der Waals surface area contributed by atoms with Gasteiger partial charge in [0.05, 0.1) is 25.8 Å². The van der Waals surface area contributed by atoms with Crippen LogP contribution < -0.4 is 10.1 Å². The van der Waals surface area contributed by atoms with Gasteiger partial charge in [0, 0.05) is 35.8 Å². The van der Waals surface area contributed by atoms with Crippen LogP contribution in [0, 0.1) is 0 Å². The molecule has 1 unspecified atom stereocenters. The maximum Gasteiger partial charge on any atom is 0.306 e. The zero-order chi connectivity index (χ0) is 23.0. The second-order valence-corrected chi connectivity index (χ2v) is 8.96. The summed E-state index contributed by atoms with van der Waals surface area (Å²) in [5.74, 6) is 1.17. The number of thiazole rings is 1. The van der Waals surface area contributed by atoms with Gasteiger partial charge in [-0.3, -0.25) is 4.79 Å². The Kier molecular flexibility index (Phi) is 7.88. The molecule has 8 heteroatoms. The highest BCUT2D eigenvalue weighted by Gasteiger charge is 2.23. The number of pyridine rings is 2. The molecule has 1 N–H and O–H groups in total. The van der Waals surface area contributed by atoms with Crippen molar-refractivity contribution < 1.29 is 14.3 Å². The molecule has 0 radical (unpaired) electrons.